The van der Waals surface area contributed by atoms with Crippen LogP contribution in [-0.4, -0.2) is 20.9 Å². The third kappa shape index (κ3) is 6.12. The lowest BCUT2D eigenvalue weighted by Gasteiger charge is -2.25. The van der Waals surface area contributed by atoms with Gasteiger partial charge >= 0.3 is 0 Å². The van der Waals surface area contributed by atoms with Gasteiger partial charge in [0.05, 0.1) is 26.7 Å². The summed E-state index contributed by atoms with van der Waals surface area (Å²) in [6, 6.07) is 20.1. The Kier molecular flexibility index (Phi) is 7.96. The summed E-state index contributed by atoms with van der Waals surface area (Å²) in [7, 11) is -4.03. The van der Waals surface area contributed by atoms with Crippen LogP contribution in [0.15, 0.2) is 77.7 Å². The molecule has 0 heterocycles. The van der Waals surface area contributed by atoms with Crippen molar-refractivity contribution < 1.29 is 13.2 Å². The van der Waals surface area contributed by atoms with Crippen molar-refractivity contribution in [2.24, 2.45) is 0 Å². The SMILES string of the molecule is C[C@H](NC(=O)CN(c1ccc(Cl)c(Cl)c1)S(=O)(=O)c1ccccc1)c1ccc(C(C)(C)C)cc1. The van der Waals surface area contributed by atoms with Gasteiger partial charge < -0.3 is 5.32 Å². The van der Waals surface area contributed by atoms with E-state index in [1.165, 1.54) is 35.9 Å². The minimum Gasteiger partial charge on any atom is -0.348 e. The molecule has 3 aromatic carbocycles. The van der Waals surface area contributed by atoms with Crippen LogP contribution in [0.1, 0.15) is 44.9 Å². The fraction of sp³-hybridized carbons (Fsp3) is 0.269. The zero-order valence-electron chi connectivity index (χ0n) is 19.5. The highest BCUT2D eigenvalue weighted by Gasteiger charge is 2.28. The molecule has 0 unspecified atom stereocenters. The fourth-order valence-corrected chi connectivity index (χ4v) is 5.17. The molecule has 0 fully saturated rings. The molecule has 8 heteroatoms. The predicted octanol–water partition coefficient (Wildman–Crippen LogP) is 6.36. The number of benzene rings is 3. The number of rotatable bonds is 7. The number of sulfonamides is 1. The number of halogens is 2. The number of carbonyl (C=O) groups excluding carboxylic acids is 1. The summed E-state index contributed by atoms with van der Waals surface area (Å²) in [6.07, 6.45) is 0. The van der Waals surface area contributed by atoms with Crippen LogP contribution in [0.4, 0.5) is 5.69 Å². The highest BCUT2D eigenvalue weighted by molar-refractivity contribution is 7.92. The molecule has 0 radical (unpaired) electrons. The highest BCUT2D eigenvalue weighted by Crippen LogP contribution is 2.30. The van der Waals surface area contributed by atoms with E-state index >= 15 is 0 Å². The Hall–Kier alpha value is -2.54. The summed E-state index contributed by atoms with van der Waals surface area (Å²) >= 11 is 12.2. The van der Waals surface area contributed by atoms with Crippen LogP contribution in [0.25, 0.3) is 0 Å². The van der Waals surface area contributed by atoms with E-state index in [-0.39, 0.29) is 27.1 Å². The summed E-state index contributed by atoms with van der Waals surface area (Å²) in [5, 5.41) is 3.39. The van der Waals surface area contributed by atoms with Gasteiger partial charge in [-0.15, -0.1) is 0 Å². The lowest BCUT2D eigenvalue weighted by molar-refractivity contribution is -0.120. The smallest absolute Gasteiger partial charge is 0.264 e. The molecule has 3 rings (SSSR count). The van der Waals surface area contributed by atoms with E-state index in [0.717, 1.165) is 9.87 Å². The van der Waals surface area contributed by atoms with Gasteiger partial charge in [0.25, 0.3) is 10.0 Å². The van der Waals surface area contributed by atoms with Crippen molar-refractivity contribution in [2.75, 3.05) is 10.8 Å². The van der Waals surface area contributed by atoms with Crippen molar-refractivity contribution in [2.45, 2.75) is 44.0 Å². The lowest BCUT2D eigenvalue weighted by atomic mass is 9.86. The third-order valence-electron chi connectivity index (χ3n) is 5.46. The molecule has 0 aromatic heterocycles. The van der Waals surface area contributed by atoms with Gasteiger partial charge in [-0.05, 0) is 53.8 Å². The van der Waals surface area contributed by atoms with Crippen molar-refractivity contribution in [1.82, 2.24) is 5.32 Å². The van der Waals surface area contributed by atoms with Crippen LogP contribution in [0.3, 0.4) is 0 Å². The molecule has 5 nitrogen and oxygen atoms in total. The number of hydrogen-bond acceptors (Lipinski definition) is 3. The number of amides is 1. The number of hydrogen-bond donors (Lipinski definition) is 1. The van der Waals surface area contributed by atoms with E-state index in [9.17, 15) is 13.2 Å². The van der Waals surface area contributed by atoms with Crippen molar-refractivity contribution in [1.29, 1.82) is 0 Å². The average molecular weight is 519 g/mol. The Balaban J connectivity index is 1.86. The Morgan fingerprint density at radius 3 is 2.12 bits per heavy atom. The Labute approximate surface area is 211 Å². The van der Waals surface area contributed by atoms with E-state index in [1.54, 1.807) is 18.2 Å². The molecule has 1 N–H and O–H groups in total. The largest absolute Gasteiger partial charge is 0.348 e. The molecule has 1 atom stereocenters. The molecular weight excluding hydrogens is 491 g/mol. The summed E-state index contributed by atoms with van der Waals surface area (Å²) in [4.78, 5) is 13.1. The average Bonchev–Trinajstić information content (AvgIpc) is 2.79. The van der Waals surface area contributed by atoms with Gasteiger partial charge in [0, 0.05) is 0 Å². The first-order valence-electron chi connectivity index (χ1n) is 10.8. The normalized spacial score (nSPS) is 12.8. The molecule has 0 saturated carbocycles. The van der Waals surface area contributed by atoms with Crippen molar-refractivity contribution >= 4 is 44.8 Å². The van der Waals surface area contributed by atoms with E-state index < -0.39 is 22.5 Å². The maximum atomic E-state index is 13.4. The van der Waals surface area contributed by atoms with E-state index in [1.807, 2.05) is 31.2 Å². The standard InChI is InChI=1S/C26H28Cl2N2O3S/c1-18(19-10-12-20(13-11-19)26(2,3)4)29-25(31)17-30(21-14-15-23(27)24(28)16-21)34(32,33)22-8-6-5-7-9-22/h5-16,18H,17H2,1-4H3,(H,29,31)/t18-/m0/s1. The van der Waals surface area contributed by atoms with Gasteiger partial charge in [-0.25, -0.2) is 8.42 Å². The van der Waals surface area contributed by atoms with Crippen molar-refractivity contribution in [3.63, 3.8) is 0 Å². The van der Waals surface area contributed by atoms with Crippen LogP contribution in [-0.2, 0) is 20.2 Å². The molecule has 180 valence electrons. The van der Waals surface area contributed by atoms with Gasteiger partial charge in [-0.2, -0.15) is 0 Å². The molecule has 0 aliphatic rings. The monoisotopic (exact) mass is 518 g/mol. The first-order chi connectivity index (χ1) is 15.9. The third-order valence-corrected chi connectivity index (χ3v) is 7.99. The van der Waals surface area contributed by atoms with Crippen LogP contribution in [0, 0.1) is 0 Å². The second-order valence-electron chi connectivity index (χ2n) is 9.08. The zero-order valence-corrected chi connectivity index (χ0v) is 21.9. The first kappa shape index (κ1) is 26.1. The topological polar surface area (TPSA) is 66.5 Å². The van der Waals surface area contributed by atoms with Gasteiger partial charge in [0.2, 0.25) is 5.91 Å². The fourth-order valence-electron chi connectivity index (χ4n) is 3.45. The van der Waals surface area contributed by atoms with Crippen LogP contribution in [0.5, 0.6) is 0 Å². The summed E-state index contributed by atoms with van der Waals surface area (Å²) in [5.41, 5.74) is 2.38. The molecule has 3 aromatic rings. The predicted molar refractivity (Wildman–Crippen MR) is 139 cm³/mol. The number of nitrogens with one attached hydrogen (secondary N) is 1. The van der Waals surface area contributed by atoms with E-state index in [2.05, 4.69) is 26.1 Å². The van der Waals surface area contributed by atoms with Crippen molar-refractivity contribution in [3.05, 3.63) is 94.0 Å². The molecule has 34 heavy (non-hydrogen) atoms. The summed E-state index contributed by atoms with van der Waals surface area (Å²) in [6.45, 7) is 7.85. The zero-order chi connectivity index (χ0) is 25.1. The Morgan fingerprint density at radius 2 is 1.56 bits per heavy atom. The lowest BCUT2D eigenvalue weighted by Crippen LogP contribution is -2.41. The van der Waals surface area contributed by atoms with Gasteiger partial charge in [0.15, 0.2) is 0 Å². The van der Waals surface area contributed by atoms with E-state index in [4.69, 9.17) is 23.2 Å². The molecule has 0 aliphatic heterocycles. The summed E-state index contributed by atoms with van der Waals surface area (Å²) in [5.74, 6) is -0.446. The molecule has 1 amide bonds. The van der Waals surface area contributed by atoms with Gasteiger partial charge in [-0.1, -0.05) is 86.4 Å². The number of carbonyl (C=O) groups is 1. The quantitative estimate of drug-likeness (QED) is 0.395. The van der Waals surface area contributed by atoms with Crippen LogP contribution >= 0.6 is 23.2 Å². The van der Waals surface area contributed by atoms with Gasteiger partial charge in [0.1, 0.15) is 6.54 Å². The maximum Gasteiger partial charge on any atom is 0.264 e. The molecule has 0 bridgehead atoms. The molecular formula is C26H28Cl2N2O3S. The molecule has 0 spiro atoms. The molecule has 0 saturated heterocycles. The van der Waals surface area contributed by atoms with Crippen LogP contribution in [0.2, 0.25) is 10.0 Å². The van der Waals surface area contributed by atoms with Crippen LogP contribution < -0.4 is 9.62 Å². The maximum absolute atomic E-state index is 13.4. The second-order valence-corrected chi connectivity index (χ2v) is 11.8. The van der Waals surface area contributed by atoms with Gasteiger partial charge in [-0.3, -0.25) is 9.10 Å². The highest BCUT2D eigenvalue weighted by atomic mass is 35.5. The summed E-state index contributed by atoms with van der Waals surface area (Å²) < 4.78 is 27.9. The Bertz CT molecular complexity index is 1260. The van der Waals surface area contributed by atoms with Crippen molar-refractivity contribution in [3.8, 4) is 0 Å². The molecule has 0 aliphatic carbocycles. The number of anilines is 1. The first-order valence-corrected chi connectivity index (χ1v) is 13.0. The second kappa shape index (κ2) is 10.4. The Morgan fingerprint density at radius 1 is 0.941 bits per heavy atom. The minimum absolute atomic E-state index is 0.0250. The van der Waals surface area contributed by atoms with E-state index in [0.29, 0.717) is 5.02 Å². The minimum atomic E-state index is -4.03. The number of nitrogens with zero attached hydrogens (tertiary/aromatic N) is 1.